The number of halogens is 4. The number of carbonyl (C=O) groups is 1. The molecule has 1 heterocycles. The summed E-state index contributed by atoms with van der Waals surface area (Å²) < 4.78 is 55.3. The van der Waals surface area contributed by atoms with Crippen LogP contribution in [0.2, 0.25) is 0 Å². The van der Waals surface area contributed by atoms with Gasteiger partial charge in [-0.2, -0.15) is 13.2 Å². The highest BCUT2D eigenvalue weighted by molar-refractivity contribution is 5.91. The molecule has 2 aromatic rings. The Kier molecular flexibility index (Phi) is 4.54. The van der Waals surface area contributed by atoms with E-state index >= 15 is 0 Å². The molecule has 0 saturated carbocycles. The number of nitrogens with zero attached hydrogens (tertiary/aromatic N) is 1. The van der Waals surface area contributed by atoms with Gasteiger partial charge in [0.25, 0.3) is 5.91 Å². The van der Waals surface area contributed by atoms with Gasteiger partial charge in [0.1, 0.15) is 11.6 Å². The molecule has 0 aliphatic rings. The standard InChI is InChI=1S/C15H13F4NO2/c1-20(9-8-15(17,18)19)14(21)13-7-6-12(22-13)10-4-2-3-5-11(10)16/h2-7H,8-9H2,1H3. The largest absolute Gasteiger partial charge is 0.451 e. The topological polar surface area (TPSA) is 33.5 Å². The van der Waals surface area contributed by atoms with E-state index in [4.69, 9.17) is 4.42 Å². The van der Waals surface area contributed by atoms with Crippen molar-refractivity contribution < 1.29 is 26.8 Å². The van der Waals surface area contributed by atoms with Crippen LogP contribution in [0.1, 0.15) is 17.0 Å². The van der Waals surface area contributed by atoms with Crippen LogP contribution in [0.25, 0.3) is 11.3 Å². The number of rotatable bonds is 4. The zero-order chi connectivity index (χ0) is 16.3. The molecule has 0 bridgehead atoms. The predicted molar refractivity (Wildman–Crippen MR) is 71.7 cm³/mol. The average Bonchev–Trinajstić information content (AvgIpc) is 2.93. The van der Waals surface area contributed by atoms with E-state index in [1.165, 1.54) is 37.4 Å². The normalized spacial score (nSPS) is 11.5. The van der Waals surface area contributed by atoms with Crippen molar-refractivity contribution >= 4 is 5.91 Å². The highest BCUT2D eigenvalue weighted by atomic mass is 19.4. The third kappa shape index (κ3) is 3.87. The lowest BCUT2D eigenvalue weighted by atomic mass is 10.1. The van der Waals surface area contributed by atoms with Crippen LogP contribution in [0.4, 0.5) is 17.6 Å². The van der Waals surface area contributed by atoms with Crippen LogP contribution in [-0.4, -0.2) is 30.6 Å². The van der Waals surface area contributed by atoms with Crippen molar-refractivity contribution in [2.24, 2.45) is 0 Å². The second-order valence-corrected chi connectivity index (χ2v) is 4.74. The number of amides is 1. The van der Waals surface area contributed by atoms with Crippen molar-refractivity contribution in [2.75, 3.05) is 13.6 Å². The molecular weight excluding hydrogens is 302 g/mol. The van der Waals surface area contributed by atoms with Crippen LogP contribution >= 0.6 is 0 Å². The van der Waals surface area contributed by atoms with Gasteiger partial charge < -0.3 is 9.32 Å². The third-order valence-corrected chi connectivity index (χ3v) is 3.03. The van der Waals surface area contributed by atoms with Crippen LogP contribution in [0.5, 0.6) is 0 Å². The van der Waals surface area contributed by atoms with Crippen molar-refractivity contribution in [3.05, 3.63) is 48.0 Å². The maximum Gasteiger partial charge on any atom is 0.390 e. The van der Waals surface area contributed by atoms with Crippen molar-refractivity contribution in [3.8, 4) is 11.3 Å². The molecule has 1 aromatic carbocycles. The van der Waals surface area contributed by atoms with Crippen molar-refractivity contribution in [1.82, 2.24) is 4.90 Å². The fourth-order valence-electron chi connectivity index (χ4n) is 1.84. The molecule has 2 rings (SSSR count). The van der Waals surface area contributed by atoms with Gasteiger partial charge in [0.05, 0.1) is 12.0 Å². The van der Waals surface area contributed by atoms with Crippen molar-refractivity contribution in [2.45, 2.75) is 12.6 Å². The highest BCUT2D eigenvalue weighted by Gasteiger charge is 2.28. The number of benzene rings is 1. The van der Waals surface area contributed by atoms with Crippen LogP contribution < -0.4 is 0 Å². The molecule has 0 N–H and O–H groups in total. The summed E-state index contributed by atoms with van der Waals surface area (Å²) in [5.74, 6) is -1.19. The minimum Gasteiger partial charge on any atom is -0.451 e. The van der Waals surface area contributed by atoms with Gasteiger partial charge in [0.2, 0.25) is 0 Å². The summed E-state index contributed by atoms with van der Waals surface area (Å²) in [5, 5.41) is 0. The van der Waals surface area contributed by atoms with Gasteiger partial charge in [-0.25, -0.2) is 4.39 Å². The predicted octanol–water partition coefficient (Wildman–Crippen LogP) is 4.11. The summed E-state index contributed by atoms with van der Waals surface area (Å²) >= 11 is 0. The molecule has 0 radical (unpaired) electrons. The summed E-state index contributed by atoms with van der Waals surface area (Å²) in [6, 6.07) is 8.57. The van der Waals surface area contributed by atoms with Gasteiger partial charge in [-0.05, 0) is 24.3 Å². The molecule has 3 nitrogen and oxygen atoms in total. The molecule has 22 heavy (non-hydrogen) atoms. The number of hydrogen-bond donors (Lipinski definition) is 0. The average molecular weight is 315 g/mol. The molecule has 1 aromatic heterocycles. The number of carbonyl (C=O) groups excluding carboxylic acids is 1. The first kappa shape index (κ1) is 16.1. The number of hydrogen-bond acceptors (Lipinski definition) is 2. The minimum atomic E-state index is -4.34. The molecule has 0 saturated heterocycles. The lowest BCUT2D eigenvalue weighted by Gasteiger charge is -2.16. The Morgan fingerprint density at radius 1 is 1.18 bits per heavy atom. The van der Waals surface area contributed by atoms with E-state index in [1.54, 1.807) is 6.07 Å². The van der Waals surface area contributed by atoms with Crippen molar-refractivity contribution in [1.29, 1.82) is 0 Å². The molecule has 1 amide bonds. The maximum atomic E-state index is 13.6. The lowest BCUT2D eigenvalue weighted by Crippen LogP contribution is -2.30. The van der Waals surface area contributed by atoms with E-state index in [1.807, 2.05) is 0 Å². The number of furan rings is 1. The van der Waals surface area contributed by atoms with Gasteiger partial charge in [-0.1, -0.05) is 12.1 Å². The molecule has 0 fully saturated rings. The molecule has 0 aliphatic heterocycles. The smallest absolute Gasteiger partial charge is 0.390 e. The van der Waals surface area contributed by atoms with E-state index in [2.05, 4.69) is 0 Å². The first-order valence-electron chi connectivity index (χ1n) is 6.45. The molecule has 118 valence electrons. The van der Waals surface area contributed by atoms with E-state index < -0.39 is 30.9 Å². The first-order chi connectivity index (χ1) is 10.3. The molecule has 0 aliphatic carbocycles. The van der Waals surface area contributed by atoms with E-state index in [-0.39, 0.29) is 17.1 Å². The Hall–Kier alpha value is -2.31. The Labute approximate surface area is 124 Å². The SMILES string of the molecule is CN(CCC(F)(F)F)C(=O)c1ccc(-c2ccccc2F)o1. The Bertz CT molecular complexity index is 664. The second-order valence-electron chi connectivity index (χ2n) is 4.74. The quantitative estimate of drug-likeness (QED) is 0.796. The van der Waals surface area contributed by atoms with Crippen molar-refractivity contribution in [3.63, 3.8) is 0 Å². The first-order valence-corrected chi connectivity index (χ1v) is 6.45. The Morgan fingerprint density at radius 3 is 2.50 bits per heavy atom. The zero-order valence-corrected chi connectivity index (χ0v) is 11.7. The van der Waals surface area contributed by atoms with Gasteiger partial charge in [0.15, 0.2) is 5.76 Å². The highest BCUT2D eigenvalue weighted by Crippen LogP contribution is 2.25. The maximum absolute atomic E-state index is 13.6. The summed E-state index contributed by atoms with van der Waals surface area (Å²) in [4.78, 5) is 12.9. The Morgan fingerprint density at radius 2 is 1.86 bits per heavy atom. The molecule has 0 unspecified atom stereocenters. The molecule has 0 atom stereocenters. The second kappa shape index (κ2) is 6.21. The summed E-state index contributed by atoms with van der Waals surface area (Å²) in [6.07, 6.45) is -5.44. The monoisotopic (exact) mass is 315 g/mol. The van der Waals surface area contributed by atoms with Gasteiger partial charge >= 0.3 is 6.18 Å². The van der Waals surface area contributed by atoms with Crippen LogP contribution in [-0.2, 0) is 0 Å². The Balaban J connectivity index is 2.11. The zero-order valence-electron chi connectivity index (χ0n) is 11.7. The van der Waals surface area contributed by atoms with Crippen LogP contribution in [0, 0.1) is 5.82 Å². The molecule has 0 spiro atoms. The fraction of sp³-hybridized carbons (Fsp3) is 0.267. The summed E-state index contributed by atoms with van der Waals surface area (Å²) in [5.41, 5.74) is 0.180. The summed E-state index contributed by atoms with van der Waals surface area (Å²) in [6.45, 7) is -0.474. The number of alkyl halides is 3. The lowest BCUT2D eigenvalue weighted by molar-refractivity contribution is -0.136. The van der Waals surface area contributed by atoms with Gasteiger partial charge in [-0.3, -0.25) is 4.79 Å². The molecule has 7 heteroatoms. The summed E-state index contributed by atoms with van der Waals surface area (Å²) in [7, 11) is 1.25. The third-order valence-electron chi connectivity index (χ3n) is 3.03. The van der Waals surface area contributed by atoms with E-state index in [9.17, 15) is 22.4 Å². The van der Waals surface area contributed by atoms with E-state index in [0.717, 1.165) is 4.90 Å². The van der Waals surface area contributed by atoms with Gasteiger partial charge in [-0.15, -0.1) is 0 Å². The minimum absolute atomic E-state index is 0.136. The van der Waals surface area contributed by atoms with Crippen LogP contribution in [0.3, 0.4) is 0 Å². The molecular formula is C15H13F4NO2. The van der Waals surface area contributed by atoms with Gasteiger partial charge in [0, 0.05) is 13.6 Å². The fourth-order valence-corrected chi connectivity index (χ4v) is 1.84. The van der Waals surface area contributed by atoms with E-state index in [0.29, 0.717) is 0 Å². The van der Waals surface area contributed by atoms with Crippen LogP contribution in [0.15, 0.2) is 40.8 Å².